The Morgan fingerprint density at radius 1 is 1.35 bits per heavy atom. The van der Waals surface area contributed by atoms with Crippen LogP contribution in [0.4, 0.5) is 0 Å². The Morgan fingerprint density at radius 3 is 2.90 bits per heavy atom. The van der Waals surface area contributed by atoms with Gasteiger partial charge in [-0.1, -0.05) is 23.4 Å². The highest BCUT2D eigenvalue weighted by Gasteiger charge is 2.09. The van der Waals surface area contributed by atoms with Gasteiger partial charge < -0.3 is 15.7 Å². The van der Waals surface area contributed by atoms with Crippen molar-refractivity contribution in [1.82, 2.24) is 4.98 Å². The molecule has 1 aromatic heterocycles. The van der Waals surface area contributed by atoms with Crippen LogP contribution in [0, 0.1) is 0 Å². The van der Waals surface area contributed by atoms with E-state index in [0.717, 1.165) is 16.2 Å². The van der Waals surface area contributed by atoms with E-state index in [9.17, 15) is 0 Å². The van der Waals surface area contributed by atoms with Crippen LogP contribution in [0.5, 0.6) is 5.75 Å². The zero-order valence-electron chi connectivity index (χ0n) is 11.0. The molecule has 0 radical (unpaired) electrons. The first-order valence-corrected chi connectivity index (χ1v) is 7.16. The van der Waals surface area contributed by atoms with Crippen molar-refractivity contribution in [3.05, 3.63) is 53.9 Å². The quantitative estimate of drug-likeness (QED) is 0.290. The van der Waals surface area contributed by atoms with Crippen LogP contribution in [0.1, 0.15) is 11.3 Å². The molecule has 104 valence electrons. The molecule has 6 heteroatoms. The Labute approximate surface area is 121 Å². The summed E-state index contributed by atoms with van der Waals surface area (Å²) in [5, 5.41) is 11.7. The van der Waals surface area contributed by atoms with Crippen LogP contribution in [-0.2, 0) is 6.61 Å². The van der Waals surface area contributed by atoms with E-state index in [1.54, 1.807) is 24.0 Å². The molecule has 0 aliphatic rings. The fourth-order valence-corrected chi connectivity index (χ4v) is 2.27. The second kappa shape index (κ2) is 6.81. The highest BCUT2D eigenvalue weighted by atomic mass is 32.2. The molecule has 2 aromatic rings. The van der Waals surface area contributed by atoms with Crippen molar-refractivity contribution in [1.29, 1.82) is 0 Å². The van der Waals surface area contributed by atoms with Crippen molar-refractivity contribution in [2.24, 2.45) is 10.9 Å². The molecule has 2 rings (SSSR count). The number of rotatable bonds is 5. The smallest absolute Gasteiger partial charge is 0.189 e. The molecular weight excluding hydrogens is 274 g/mol. The Bertz CT molecular complexity index is 617. The van der Waals surface area contributed by atoms with E-state index < -0.39 is 0 Å². The molecule has 1 heterocycles. The summed E-state index contributed by atoms with van der Waals surface area (Å²) < 4.78 is 5.80. The lowest BCUT2D eigenvalue weighted by atomic mass is 10.2. The van der Waals surface area contributed by atoms with Crippen LogP contribution >= 0.6 is 11.8 Å². The SMILES string of the molecule is CSc1ccccc1OCc1cccnc1C(N)=NO. The summed E-state index contributed by atoms with van der Waals surface area (Å²) >= 11 is 1.62. The number of nitrogens with zero attached hydrogens (tertiary/aromatic N) is 2. The standard InChI is InChI=1S/C14H15N3O2S/c1-20-12-7-3-2-6-11(12)19-9-10-5-4-8-16-13(10)14(15)17-18/h2-8,18H,9H2,1H3,(H2,15,17). The second-order valence-electron chi connectivity index (χ2n) is 3.94. The summed E-state index contributed by atoms with van der Waals surface area (Å²) in [6, 6.07) is 11.4. The second-order valence-corrected chi connectivity index (χ2v) is 4.78. The molecule has 0 atom stereocenters. The first-order valence-electron chi connectivity index (χ1n) is 5.94. The maximum atomic E-state index is 8.76. The van der Waals surface area contributed by atoms with E-state index in [2.05, 4.69) is 10.1 Å². The summed E-state index contributed by atoms with van der Waals surface area (Å²) in [4.78, 5) is 5.16. The van der Waals surface area contributed by atoms with Gasteiger partial charge >= 0.3 is 0 Å². The topological polar surface area (TPSA) is 80.7 Å². The third-order valence-electron chi connectivity index (χ3n) is 2.69. The first-order chi connectivity index (χ1) is 9.76. The fourth-order valence-electron chi connectivity index (χ4n) is 1.73. The summed E-state index contributed by atoms with van der Waals surface area (Å²) in [7, 11) is 0. The first kappa shape index (κ1) is 14.2. The number of para-hydroxylation sites is 1. The monoisotopic (exact) mass is 289 g/mol. The third-order valence-corrected chi connectivity index (χ3v) is 3.47. The van der Waals surface area contributed by atoms with Gasteiger partial charge in [0.2, 0.25) is 0 Å². The van der Waals surface area contributed by atoms with E-state index in [0.29, 0.717) is 12.3 Å². The molecule has 1 aromatic carbocycles. The highest BCUT2D eigenvalue weighted by molar-refractivity contribution is 7.98. The van der Waals surface area contributed by atoms with Gasteiger partial charge in [-0.2, -0.15) is 0 Å². The predicted octanol–water partition coefficient (Wildman–Crippen LogP) is 2.48. The zero-order chi connectivity index (χ0) is 14.4. The van der Waals surface area contributed by atoms with E-state index >= 15 is 0 Å². The number of hydrogen-bond donors (Lipinski definition) is 2. The number of nitrogens with two attached hydrogens (primary N) is 1. The van der Waals surface area contributed by atoms with Crippen molar-refractivity contribution >= 4 is 17.6 Å². The zero-order valence-corrected chi connectivity index (χ0v) is 11.8. The Hall–Kier alpha value is -2.21. The predicted molar refractivity (Wildman–Crippen MR) is 79.3 cm³/mol. The van der Waals surface area contributed by atoms with Crippen molar-refractivity contribution in [2.45, 2.75) is 11.5 Å². The molecule has 0 fully saturated rings. The number of hydrogen-bond acceptors (Lipinski definition) is 5. The molecule has 0 aliphatic heterocycles. The molecule has 0 amide bonds. The van der Waals surface area contributed by atoms with Crippen LogP contribution in [0.2, 0.25) is 0 Å². The number of amidine groups is 1. The van der Waals surface area contributed by atoms with Crippen molar-refractivity contribution < 1.29 is 9.94 Å². The van der Waals surface area contributed by atoms with E-state index in [1.165, 1.54) is 0 Å². The summed E-state index contributed by atoms with van der Waals surface area (Å²) in [6.07, 6.45) is 3.58. The normalized spacial score (nSPS) is 11.3. The van der Waals surface area contributed by atoms with Gasteiger partial charge in [0.1, 0.15) is 18.1 Å². The lowest BCUT2D eigenvalue weighted by molar-refractivity contribution is 0.297. The lowest BCUT2D eigenvalue weighted by Gasteiger charge is -2.11. The van der Waals surface area contributed by atoms with Gasteiger partial charge in [0.25, 0.3) is 0 Å². The van der Waals surface area contributed by atoms with Crippen LogP contribution in [-0.4, -0.2) is 22.3 Å². The van der Waals surface area contributed by atoms with Crippen molar-refractivity contribution in [2.75, 3.05) is 6.26 Å². The summed E-state index contributed by atoms with van der Waals surface area (Å²) in [5.74, 6) is 0.775. The van der Waals surface area contributed by atoms with Gasteiger partial charge in [-0.15, -0.1) is 11.8 Å². The van der Waals surface area contributed by atoms with Crippen molar-refractivity contribution in [3.63, 3.8) is 0 Å². The summed E-state index contributed by atoms with van der Waals surface area (Å²) in [6.45, 7) is 0.303. The summed E-state index contributed by atoms with van der Waals surface area (Å²) in [5.41, 5.74) is 6.79. The molecule has 0 bridgehead atoms. The molecule has 0 saturated heterocycles. The Balaban J connectivity index is 2.19. The van der Waals surface area contributed by atoms with Crippen LogP contribution in [0.15, 0.2) is 52.6 Å². The maximum Gasteiger partial charge on any atom is 0.189 e. The number of aromatic nitrogens is 1. The van der Waals surface area contributed by atoms with Gasteiger partial charge in [0.05, 0.1) is 0 Å². The molecule has 20 heavy (non-hydrogen) atoms. The Kier molecular flexibility index (Phi) is 4.84. The van der Waals surface area contributed by atoms with Gasteiger partial charge in [-0.25, -0.2) is 0 Å². The van der Waals surface area contributed by atoms with Crippen molar-refractivity contribution in [3.8, 4) is 5.75 Å². The highest BCUT2D eigenvalue weighted by Crippen LogP contribution is 2.27. The number of benzene rings is 1. The van der Waals surface area contributed by atoms with Gasteiger partial charge in [0, 0.05) is 16.7 Å². The minimum atomic E-state index is -0.0256. The molecule has 0 aliphatic carbocycles. The molecule has 5 nitrogen and oxygen atoms in total. The van der Waals surface area contributed by atoms with Gasteiger partial charge in [-0.05, 0) is 24.5 Å². The third kappa shape index (κ3) is 3.21. The molecular formula is C14H15N3O2S. The van der Waals surface area contributed by atoms with E-state index in [-0.39, 0.29) is 5.84 Å². The molecule has 0 saturated carbocycles. The lowest BCUT2D eigenvalue weighted by Crippen LogP contribution is -2.18. The van der Waals surface area contributed by atoms with Crippen LogP contribution < -0.4 is 10.5 Å². The average Bonchev–Trinajstić information content (AvgIpc) is 2.52. The van der Waals surface area contributed by atoms with Crippen LogP contribution in [0.25, 0.3) is 0 Å². The number of oxime groups is 1. The molecule has 0 spiro atoms. The van der Waals surface area contributed by atoms with Crippen LogP contribution in [0.3, 0.4) is 0 Å². The fraction of sp³-hybridized carbons (Fsp3) is 0.143. The number of thioether (sulfide) groups is 1. The largest absolute Gasteiger partial charge is 0.488 e. The number of ether oxygens (including phenoxy) is 1. The number of pyridine rings is 1. The van der Waals surface area contributed by atoms with Gasteiger partial charge in [0.15, 0.2) is 5.84 Å². The minimum Gasteiger partial charge on any atom is -0.488 e. The van der Waals surface area contributed by atoms with E-state index in [1.807, 2.05) is 36.6 Å². The average molecular weight is 289 g/mol. The van der Waals surface area contributed by atoms with Gasteiger partial charge in [-0.3, -0.25) is 4.98 Å². The minimum absolute atomic E-state index is 0.0256. The molecule has 3 N–H and O–H groups in total. The van der Waals surface area contributed by atoms with E-state index in [4.69, 9.17) is 15.7 Å². The Morgan fingerprint density at radius 2 is 2.15 bits per heavy atom. The maximum absolute atomic E-state index is 8.76. The molecule has 0 unspecified atom stereocenters.